The van der Waals surface area contributed by atoms with Crippen molar-refractivity contribution in [1.82, 2.24) is 5.16 Å². The molecule has 0 unspecified atom stereocenters. The van der Waals surface area contributed by atoms with Gasteiger partial charge in [-0.3, -0.25) is 4.79 Å². The molecule has 1 heterocycles. The molecule has 0 aliphatic rings. The molecule has 0 saturated carbocycles. The third kappa shape index (κ3) is 4.00. The molecule has 1 aromatic carbocycles. The zero-order valence-electron chi connectivity index (χ0n) is 12.8. The molecular formula is C15H16N2O6. The number of hydrogen-bond donors (Lipinski definition) is 2. The average molecular weight is 320 g/mol. The Morgan fingerprint density at radius 3 is 2.70 bits per heavy atom. The molecule has 8 nitrogen and oxygen atoms in total. The van der Waals surface area contributed by atoms with Crippen molar-refractivity contribution in [3.8, 4) is 11.5 Å². The van der Waals surface area contributed by atoms with Crippen LogP contribution in [0.5, 0.6) is 11.5 Å². The number of amides is 1. The van der Waals surface area contributed by atoms with Gasteiger partial charge in [-0.15, -0.1) is 0 Å². The lowest BCUT2D eigenvalue weighted by Crippen LogP contribution is -2.30. The minimum Gasteiger partial charge on any atom is -0.507 e. The summed E-state index contributed by atoms with van der Waals surface area (Å²) >= 11 is 0. The Bertz CT molecular complexity index is 725. The molecule has 2 rings (SSSR count). The van der Waals surface area contributed by atoms with E-state index in [-0.39, 0.29) is 17.1 Å². The van der Waals surface area contributed by atoms with Gasteiger partial charge in [0.25, 0.3) is 5.91 Å². The summed E-state index contributed by atoms with van der Waals surface area (Å²) in [6.45, 7) is 3.08. The van der Waals surface area contributed by atoms with Crippen molar-refractivity contribution >= 4 is 17.7 Å². The summed E-state index contributed by atoms with van der Waals surface area (Å²) in [5, 5.41) is 15.8. The van der Waals surface area contributed by atoms with Gasteiger partial charge in [0, 0.05) is 6.07 Å². The molecule has 8 heteroatoms. The Hall–Kier alpha value is -3.03. The van der Waals surface area contributed by atoms with Crippen LogP contribution < -0.4 is 10.1 Å². The number of methoxy groups -OCH3 is 1. The number of phenols is 1. The lowest BCUT2D eigenvalue weighted by Gasteiger charge is -2.13. The zero-order valence-corrected chi connectivity index (χ0v) is 12.8. The lowest BCUT2D eigenvalue weighted by molar-refractivity contribution is -0.123. The van der Waals surface area contributed by atoms with Crippen LogP contribution in [0.4, 0.5) is 5.82 Å². The number of phenolic OH excluding ortho intramolecular Hbond substituents is 1. The summed E-state index contributed by atoms with van der Waals surface area (Å²) < 4.78 is 14.8. The number of hydrogen-bond acceptors (Lipinski definition) is 7. The van der Waals surface area contributed by atoms with Crippen LogP contribution in [0.15, 0.2) is 28.8 Å². The van der Waals surface area contributed by atoms with Crippen LogP contribution in [0.3, 0.4) is 0 Å². The van der Waals surface area contributed by atoms with Gasteiger partial charge in [-0.2, -0.15) is 0 Å². The van der Waals surface area contributed by atoms with Gasteiger partial charge in [-0.25, -0.2) is 4.79 Å². The highest BCUT2D eigenvalue weighted by Gasteiger charge is 2.22. The van der Waals surface area contributed by atoms with Crippen LogP contribution in [0, 0.1) is 6.92 Å². The number of rotatable bonds is 5. The van der Waals surface area contributed by atoms with Gasteiger partial charge in [-0.1, -0.05) is 5.16 Å². The van der Waals surface area contributed by atoms with Crippen molar-refractivity contribution < 1.29 is 28.7 Å². The number of ether oxygens (including phenoxy) is 2. The van der Waals surface area contributed by atoms with E-state index in [0.29, 0.717) is 11.5 Å². The van der Waals surface area contributed by atoms with Crippen LogP contribution in [0.25, 0.3) is 0 Å². The molecule has 0 bridgehead atoms. The van der Waals surface area contributed by atoms with Gasteiger partial charge >= 0.3 is 5.97 Å². The number of benzene rings is 1. The lowest BCUT2D eigenvalue weighted by atomic mass is 10.2. The summed E-state index contributed by atoms with van der Waals surface area (Å²) in [5.41, 5.74) is -0.0960. The Labute approximate surface area is 132 Å². The summed E-state index contributed by atoms with van der Waals surface area (Å²) in [6, 6.07) is 5.65. The molecule has 0 aliphatic carbocycles. The number of carbonyl (C=O) groups is 2. The molecule has 0 aliphatic heterocycles. The van der Waals surface area contributed by atoms with Crippen molar-refractivity contribution in [2.24, 2.45) is 0 Å². The molecule has 23 heavy (non-hydrogen) atoms. The molecule has 0 saturated heterocycles. The van der Waals surface area contributed by atoms with E-state index in [4.69, 9.17) is 14.0 Å². The summed E-state index contributed by atoms with van der Waals surface area (Å²) in [5.74, 6) is -0.555. The number of aryl methyl sites for hydroxylation is 1. The third-order valence-electron chi connectivity index (χ3n) is 2.96. The predicted molar refractivity (Wildman–Crippen MR) is 79.4 cm³/mol. The van der Waals surface area contributed by atoms with Crippen LogP contribution in [0.2, 0.25) is 0 Å². The van der Waals surface area contributed by atoms with E-state index in [1.807, 2.05) is 0 Å². The molecule has 0 radical (unpaired) electrons. The van der Waals surface area contributed by atoms with Gasteiger partial charge in [0.15, 0.2) is 11.9 Å². The normalized spacial score (nSPS) is 11.6. The molecule has 0 spiro atoms. The average Bonchev–Trinajstić information content (AvgIpc) is 2.92. The fraction of sp³-hybridized carbons (Fsp3) is 0.267. The molecule has 2 aromatic rings. The summed E-state index contributed by atoms with van der Waals surface area (Å²) in [6.07, 6.45) is -1.09. The summed E-state index contributed by atoms with van der Waals surface area (Å²) in [4.78, 5) is 24.0. The highest BCUT2D eigenvalue weighted by molar-refractivity contribution is 5.98. The standard InChI is InChI=1S/C15H16N2O6/c1-8-6-13(17-23-8)16-14(19)9(2)22-15(20)11-7-10(21-3)4-5-12(11)18/h4-7,9,18H,1-3H3,(H,16,17,19)/t9-/m1/s1. The number of nitrogens with one attached hydrogen (secondary N) is 1. The van der Waals surface area contributed by atoms with E-state index in [2.05, 4.69) is 10.5 Å². The van der Waals surface area contributed by atoms with E-state index in [0.717, 1.165) is 0 Å². The molecule has 1 aromatic heterocycles. The largest absolute Gasteiger partial charge is 0.507 e. The van der Waals surface area contributed by atoms with Crippen molar-refractivity contribution in [3.63, 3.8) is 0 Å². The maximum Gasteiger partial charge on any atom is 0.342 e. The van der Waals surface area contributed by atoms with Gasteiger partial charge < -0.3 is 24.4 Å². The van der Waals surface area contributed by atoms with E-state index in [1.54, 1.807) is 6.92 Å². The Balaban J connectivity index is 2.03. The smallest absolute Gasteiger partial charge is 0.342 e. The van der Waals surface area contributed by atoms with E-state index in [9.17, 15) is 14.7 Å². The first-order valence-electron chi connectivity index (χ1n) is 6.73. The van der Waals surface area contributed by atoms with Crippen LogP contribution in [0.1, 0.15) is 23.0 Å². The second-order valence-corrected chi connectivity index (χ2v) is 4.74. The molecule has 1 amide bonds. The number of aromatic hydroxyl groups is 1. The SMILES string of the molecule is COc1ccc(O)c(C(=O)O[C@H](C)C(=O)Nc2cc(C)on2)c1. The van der Waals surface area contributed by atoms with Crippen LogP contribution in [-0.2, 0) is 9.53 Å². The van der Waals surface area contributed by atoms with E-state index >= 15 is 0 Å². The quantitative estimate of drug-likeness (QED) is 0.809. The second kappa shape index (κ2) is 6.82. The third-order valence-corrected chi connectivity index (χ3v) is 2.96. The predicted octanol–water partition coefficient (Wildman–Crippen LogP) is 1.88. The zero-order chi connectivity index (χ0) is 17.0. The number of nitrogens with zero attached hydrogens (tertiary/aromatic N) is 1. The topological polar surface area (TPSA) is 111 Å². The minimum atomic E-state index is -1.09. The number of carbonyl (C=O) groups excluding carboxylic acids is 2. The van der Waals surface area contributed by atoms with Crippen molar-refractivity contribution in [1.29, 1.82) is 0 Å². The van der Waals surface area contributed by atoms with Crippen LogP contribution in [-0.4, -0.2) is 35.4 Å². The second-order valence-electron chi connectivity index (χ2n) is 4.74. The van der Waals surface area contributed by atoms with E-state index in [1.165, 1.54) is 38.3 Å². The molecule has 2 N–H and O–H groups in total. The highest BCUT2D eigenvalue weighted by Crippen LogP contribution is 2.24. The maximum absolute atomic E-state index is 12.1. The fourth-order valence-corrected chi connectivity index (χ4v) is 1.74. The molecular weight excluding hydrogens is 304 g/mol. The van der Waals surface area contributed by atoms with Crippen molar-refractivity contribution in [2.45, 2.75) is 20.0 Å². The Morgan fingerprint density at radius 1 is 1.35 bits per heavy atom. The van der Waals surface area contributed by atoms with Gasteiger partial charge in [-0.05, 0) is 32.0 Å². The van der Waals surface area contributed by atoms with Gasteiger partial charge in [0.1, 0.15) is 22.8 Å². The van der Waals surface area contributed by atoms with Gasteiger partial charge in [0.05, 0.1) is 7.11 Å². The fourth-order valence-electron chi connectivity index (χ4n) is 1.74. The first-order chi connectivity index (χ1) is 10.9. The molecule has 0 fully saturated rings. The highest BCUT2D eigenvalue weighted by atomic mass is 16.5. The first kappa shape index (κ1) is 16.3. The van der Waals surface area contributed by atoms with Gasteiger partial charge in [0.2, 0.25) is 0 Å². The Kier molecular flexibility index (Phi) is 4.85. The monoisotopic (exact) mass is 320 g/mol. The first-order valence-corrected chi connectivity index (χ1v) is 6.73. The van der Waals surface area contributed by atoms with Crippen molar-refractivity contribution in [2.75, 3.05) is 12.4 Å². The maximum atomic E-state index is 12.1. The Morgan fingerprint density at radius 2 is 2.09 bits per heavy atom. The van der Waals surface area contributed by atoms with E-state index < -0.39 is 18.0 Å². The minimum absolute atomic E-state index is 0.0960. The van der Waals surface area contributed by atoms with Crippen LogP contribution >= 0.6 is 0 Å². The number of aromatic nitrogens is 1. The number of esters is 1. The molecule has 1 atom stereocenters. The molecule has 122 valence electrons. The van der Waals surface area contributed by atoms with Crippen molar-refractivity contribution in [3.05, 3.63) is 35.6 Å². The number of anilines is 1. The summed E-state index contributed by atoms with van der Waals surface area (Å²) in [7, 11) is 1.43.